The number of amidine groups is 1. The van der Waals surface area contributed by atoms with Crippen molar-refractivity contribution < 1.29 is 0 Å². The van der Waals surface area contributed by atoms with Gasteiger partial charge >= 0.3 is 0 Å². The highest BCUT2D eigenvalue weighted by molar-refractivity contribution is 7.12. The summed E-state index contributed by atoms with van der Waals surface area (Å²) >= 11 is 1.60. The van der Waals surface area contributed by atoms with Gasteiger partial charge in [-0.25, -0.2) is 9.98 Å². The van der Waals surface area contributed by atoms with Crippen molar-refractivity contribution in [3.8, 4) is 0 Å². The number of nitrogens with two attached hydrogens (primary N) is 1. The van der Waals surface area contributed by atoms with Gasteiger partial charge in [0.1, 0.15) is 11.7 Å². The van der Waals surface area contributed by atoms with Crippen molar-refractivity contribution in [1.82, 2.24) is 14.5 Å². The zero-order valence-electron chi connectivity index (χ0n) is 20.1. The second kappa shape index (κ2) is 10.1. The molecule has 176 valence electrons. The van der Waals surface area contributed by atoms with Crippen LogP contribution in [-0.4, -0.2) is 39.9 Å². The number of thiophene rings is 1. The Morgan fingerprint density at radius 3 is 2.59 bits per heavy atom. The van der Waals surface area contributed by atoms with E-state index in [4.69, 9.17) is 10.7 Å². The second-order valence-corrected chi connectivity index (χ2v) is 9.99. The standard InChI is InChI=1S/C28H33N5S/c1-3-32(4-2)15-16-33-25-14-13-23(30-28(29)26-6-5-17-34-26)19-24(25)31-27(33)18-20-7-9-21(10-8-20)22-11-12-22/h5-10,13-14,17,19,22H,3-4,11-12,15-16,18H2,1-2H3,(H2,29,30). The Morgan fingerprint density at radius 1 is 1.12 bits per heavy atom. The van der Waals surface area contributed by atoms with Crippen LogP contribution in [-0.2, 0) is 13.0 Å². The molecule has 0 amide bonds. The third kappa shape index (κ3) is 5.08. The van der Waals surface area contributed by atoms with E-state index in [1.54, 1.807) is 11.3 Å². The first kappa shape index (κ1) is 22.8. The molecule has 0 atom stereocenters. The van der Waals surface area contributed by atoms with E-state index >= 15 is 0 Å². The Labute approximate surface area is 206 Å². The summed E-state index contributed by atoms with van der Waals surface area (Å²) < 4.78 is 2.39. The molecule has 34 heavy (non-hydrogen) atoms. The fourth-order valence-electron chi connectivity index (χ4n) is 4.53. The number of hydrogen-bond acceptors (Lipinski definition) is 4. The van der Waals surface area contributed by atoms with Gasteiger partial charge < -0.3 is 15.2 Å². The summed E-state index contributed by atoms with van der Waals surface area (Å²) in [6.07, 6.45) is 3.50. The first-order valence-corrected chi connectivity index (χ1v) is 13.2. The predicted molar refractivity (Wildman–Crippen MR) is 143 cm³/mol. The maximum absolute atomic E-state index is 6.23. The Bertz CT molecular complexity index is 1260. The molecule has 0 bridgehead atoms. The molecule has 0 radical (unpaired) electrons. The monoisotopic (exact) mass is 471 g/mol. The quantitative estimate of drug-likeness (QED) is 0.230. The van der Waals surface area contributed by atoms with Crippen LogP contribution in [0.25, 0.3) is 11.0 Å². The average molecular weight is 472 g/mol. The van der Waals surface area contributed by atoms with E-state index in [1.807, 2.05) is 23.6 Å². The average Bonchev–Trinajstić information content (AvgIpc) is 3.44. The molecule has 6 heteroatoms. The summed E-state index contributed by atoms with van der Waals surface area (Å²) in [7, 11) is 0. The lowest BCUT2D eigenvalue weighted by molar-refractivity contribution is 0.291. The van der Waals surface area contributed by atoms with Gasteiger partial charge in [0, 0.05) is 19.5 Å². The zero-order valence-corrected chi connectivity index (χ0v) is 20.9. The molecular weight excluding hydrogens is 438 g/mol. The molecule has 0 aliphatic heterocycles. The summed E-state index contributed by atoms with van der Waals surface area (Å²) in [6.45, 7) is 8.50. The van der Waals surface area contributed by atoms with Gasteiger partial charge in [0.05, 0.1) is 21.6 Å². The van der Waals surface area contributed by atoms with Gasteiger partial charge in [-0.3, -0.25) is 0 Å². The highest BCUT2D eigenvalue weighted by Gasteiger charge is 2.23. The third-order valence-corrected chi connectivity index (χ3v) is 7.65. The van der Waals surface area contributed by atoms with Gasteiger partial charge in [-0.05, 0) is 72.6 Å². The minimum absolute atomic E-state index is 0.547. The highest BCUT2D eigenvalue weighted by Crippen LogP contribution is 2.40. The van der Waals surface area contributed by atoms with E-state index in [0.717, 1.165) is 65.9 Å². The van der Waals surface area contributed by atoms with Crippen molar-refractivity contribution >= 4 is 33.9 Å². The molecule has 5 rings (SSSR count). The van der Waals surface area contributed by atoms with E-state index in [2.05, 4.69) is 64.7 Å². The number of fused-ring (bicyclic) bond motifs is 1. The van der Waals surface area contributed by atoms with Gasteiger partial charge in [-0.1, -0.05) is 44.2 Å². The number of benzene rings is 2. The van der Waals surface area contributed by atoms with Crippen LogP contribution in [0.15, 0.2) is 65.0 Å². The summed E-state index contributed by atoms with van der Waals surface area (Å²) in [5, 5.41) is 2.02. The Morgan fingerprint density at radius 2 is 1.91 bits per heavy atom. The molecule has 0 unspecified atom stereocenters. The summed E-state index contributed by atoms with van der Waals surface area (Å²) in [4.78, 5) is 13.2. The lowest BCUT2D eigenvalue weighted by Gasteiger charge is -2.19. The molecule has 1 fully saturated rings. The number of imidazole rings is 1. The second-order valence-electron chi connectivity index (χ2n) is 9.05. The molecule has 0 spiro atoms. The highest BCUT2D eigenvalue weighted by atomic mass is 32.1. The van der Waals surface area contributed by atoms with Crippen molar-refractivity contribution in [2.45, 2.75) is 45.6 Å². The van der Waals surface area contributed by atoms with Gasteiger partial charge in [-0.15, -0.1) is 11.3 Å². The smallest absolute Gasteiger partial charge is 0.141 e. The Balaban J connectivity index is 1.46. The number of rotatable bonds is 10. The zero-order chi connectivity index (χ0) is 23.5. The lowest BCUT2D eigenvalue weighted by atomic mass is 10.1. The van der Waals surface area contributed by atoms with E-state index in [1.165, 1.54) is 24.0 Å². The van der Waals surface area contributed by atoms with Crippen LogP contribution in [0.2, 0.25) is 0 Å². The van der Waals surface area contributed by atoms with Crippen LogP contribution in [0.4, 0.5) is 5.69 Å². The fraction of sp³-hybridized carbons (Fsp3) is 0.357. The van der Waals surface area contributed by atoms with Crippen LogP contribution >= 0.6 is 11.3 Å². The van der Waals surface area contributed by atoms with E-state index < -0.39 is 0 Å². The summed E-state index contributed by atoms with van der Waals surface area (Å²) in [6, 6.07) is 19.4. The number of aliphatic imine (C=N–C) groups is 1. The van der Waals surface area contributed by atoms with Gasteiger partial charge in [0.15, 0.2) is 0 Å². The number of hydrogen-bond donors (Lipinski definition) is 1. The fourth-order valence-corrected chi connectivity index (χ4v) is 5.16. The Kier molecular flexibility index (Phi) is 6.79. The van der Waals surface area contributed by atoms with E-state index in [-0.39, 0.29) is 0 Å². The van der Waals surface area contributed by atoms with Gasteiger partial charge in [0.25, 0.3) is 0 Å². The van der Waals surface area contributed by atoms with Crippen LogP contribution in [0.5, 0.6) is 0 Å². The molecule has 1 aliphatic rings. The van der Waals surface area contributed by atoms with Crippen molar-refractivity contribution in [3.63, 3.8) is 0 Å². The van der Waals surface area contributed by atoms with E-state index in [0.29, 0.717) is 5.84 Å². The normalized spacial score (nSPS) is 14.4. The molecule has 2 aromatic carbocycles. The number of aromatic nitrogens is 2. The molecule has 5 nitrogen and oxygen atoms in total. The predicted octanol–water partition coefficient (Wildman–Crippen LogP) is 5.94. The maximum Gasteiger partial charge on any atom is 0.141 e. The molecule has 2 aromatic heterocycles. The van der Waals surface area contributed by atoms with Crippen molar-refractivity contribution in [1.29, 1.82) is 0 Å². The van der Waals surface area contributed by atoms with Crippen LogP contribution in [0.3, 0.4) is 0 Å². The summed E-state index contributed by atoms with van der Waals surface area (Å²) in [5.41, 5.74) is 12.0. The van der Waals surface area contributed by atoms with Gasteiger partial charge in [-0.2, -0.15) is 0 Å². The SMILES string of the molecule is CCN(CC)CCn1c(Cc2ccc(C3CC3)cc2)nc2cc(N=C(N)c3cccs3)ccc21. The van der Waals surface area contributed by atoms with Gasteiger partial charge in [0.2, 0.25) is 0 Å². The topological polar surface area (TPSA) is 59.4 Å². The molecular formula is C28H33N5S. The van der Waals surface area contributed by atoms with Crippen molar-refractivity contribution in [3.05, 3.63) is 81.8 Å². The number of nitrogens with zero attached hydrogens (tertiary/aromatic N) is 4. The summed E-state index contributed by atoms with van der Waals surface area (Å²) in [5.74, 6) is 2.44. The van der Waals surface area contributed by atoms with Crippen molar-refractivity contribution in [2.75, 3.05) is 19.6 Å². The molecule has 0 saturated heterocycles. The lowest BCUT2D eigenvalue weighted by Crippen LogP contribution is -2.27. The van der Waals surface area contributed by atoms with Crippen LogP contribution in [0.1, 0.15) is 54.4 Å². The molecule has 2 heterocycles. The third-order valence-electron chi connectivity index (χ3n) is 6.76. The van der Waals surface area contributed by atoms with Crippen LogP contribution < -0.4 is 5.73 Å². The largest absolute Gasteiger partial charge is 0.383 e. The first-order valence-electron chi connectivity index (χ1n) is 12.3. The van der Waals surface area contributed by atoms with E-state index in [9.17, 15) is 0 Å². The Hall–Kier alpha value is -2.96. The maximum atomic E-state index is 6.23. The molecule has 1 saturated carbocycles. The molecule has 2 N–H and O–H groups in total. The minimum Gasteiger partial charge on any atom is -0.383 e. The number of likely N-dealkylation sites (N-methyl/N-ethyl adjacent to an activating group) is 1. The minimum atomic E-state index is 0.547. The first-order chi connectivity index (χ1) is 16.6. The molecule has 1 aliphatic carbocycles. The van der Waals surface area contributed by atoms with Crippen molar-refractivity contribution in [2.24, 2.45) is 10.7 Å². The molecule has 4 aromatic rings. The van der Waals surface area contributed by atoms with Crippen LogP contribution in [0, 0.1) is 0 Å².